The minimum absolute atomic E-state index is 0.000422. The molecule has 0 radical (unpaired) electrons. The molecule has 2 heterocycles. The third kappa shape index (κ3) is 5.61. The van der Waals surface area contributed by atoms with Gasteiger partial charge in [0.2, 0.25) is 5.88 Å². The first-order valence-electron chi connectivity index (χ1n) is 10.3. The van der Waals surface area contributed by atoms with Crippen molar-refractivity contribution in [2.45, 2.75) is 26.6 Å². The molecule has 0 spiro atoms. The predicted molar refractivity (Wildman–Crippen MR) is 119 cm³/mol. The Kier molecular flexibility index (Phi) is 6.47. The number of carbonyl (C=O) groups excluding carboxylic acids is 2. The van der Waals surface area contributed by atoms with E-state index in [0.717, 1.165) is 34.2 Å². The number of benzene rings is 1. The first-order valence-corrected chi connectivity index (χ1v) is 10.3. The number of ketones is 1. The number of hydrazine groups is 1. The minimum Gasteiger partial charge on any atom is -0.369 e. The zero-order valence-corrected chi connectivity index (χ0v) is 18.6. The number of carbonyl (C=O) groups is 2. The number of aliphatic imine (C=N–C) groups is 1. The van der Waals surface area contributed by atoms with Gasteiger partial charge in [-0.2, -0.15) is 18.2 Å². The molecule has 0 bridgehead atoms. The number of hydrogen-bond donors (Lipinski definition) is 2. The number of alkyl halides is 3. The fourth-order valence-corrected chi connectivity index (χ4v) is 3.48. The number of allylic oxidation sites excluding steroid dienone is 4. The molecule has 0 fully saturated rings. The highest BCUT2D eigenvalue weighted by Crippen LogP contribution is 2.28. The summed E-state index contributed by atoms with van der Waals surface area (Å²) in [6.45, 7) is 4.23. The monoisotopic (exact) mass is 484 g/mol. The second-order valence-corrected chi connectivity index (χ2v) is 7.65. The molecule has 35 heavy (non-hydrogen) atoms. The van der Waals surface area contributed by atoms with E-state index < -0.39 is 23.6 Å². The number of aromatic nitrogens is 2. The van der Waals surface area contributed by atoms with Gasteiger partial charge in [-0.05, 0) is 43.2 Å². The molecule has 0 saturated carbocycles. The Balaban J connectivity index is 1.38. The van der Waals surface area contributed by atoms with Gasteiger partial charge in [-0.3, -0.25) is 15.1 Å². The topological polar surface area (TPSA) is 109 Å². The number of amides is 2. The Labute approximate surface area is 197 Å². The molecule has 2 N–H and O–H groups in total. The molecule has 180 valence electrons. The molecule has 0 saturated heterocycles. The highest BCUT2D eigenvalue weighted by atomic mass is 19.4. The van der Waals surface area contributed by atoms with Crippen LogP contribution in [0, 0.1) is 13.8 Å². The zero-order chi connectivity index (χ0) is 25.2. The van der Waals surface area contributed by atoms with Gasteiger partial charge >= 0.3 is 12.2 Å². The van der Waals surface area contributed by atoms with Gasteiger partial charge in [-0.1, -0.05) is 29.9 Å². The highest BCUT2D eigenvalue weighted by molar-refractivity contribution is 6.21. The summed E-state index contributed by atoms with van der Waals surface area (Å²) in [5.74, 6) is -1.20. The van der Waals surface area contributed by atoms with Gasteiger partial charge in [0.1, 0.15) is 11.9 Å². The van der Waals surface area contributed by atoms with Crippen molar-refractivity contribution in [1.29, 1.82) is 0 Å². The van der Waals surface area contributed by atoms with Crippen LogP contribution < -0.4 is 10.9 Å². The van der Waals surface area contributed by atoms with Crippen molar-refractivity contribution in [2.75, 3.05) is 0 Å². The molecule has 0 unspecified atom stereocenters. The van der Waals surface area contributed by atoms with Crippen molar-refractivity contribution in [2.24, 2.45) is 4.99 Å². The Morgan fingerprint density at radius 3 is 2.49 bits per heavy atom. The normalized spacial score (nSPS) is 16.8. The minimum atomic E-state index is -4.84. The maximum atomic E-state index is 12.9. The van der Waals surface area contributed by atoms with E-state index in [0.29, 0.717) is 18.7 Å². The predicted octanol–water partition coefficient (Wildman–Crippen LogP) is 3.59. The first kappa shape index (κ1) is 23.8. The molecule has 2 amide bonds. The van der Waals surface area contributed by atoms with Gasteiger partial charge < -0.3 is 4.84 Å². The Morgan fingerprint density at radius 2 is 1.83 bits per heavy atom. The fraction of sp³-hybridized carbons (Fsp3) is 0.174. The average Bonchev–Trinajstić information content (AvgIpc) is 3.22. The number of urea groups is 1. The summed E-state index contributed by atoms with van der Waals surface area (Å²) >= 11 is 0. The highest BCUT2D eigenvalue weighted by Gasteiger charge is 2.38. The van der Waals surface area contributed by atoms with Crippen LogP contribution in [-0.2, 0) is 16.2 Å². The number of nitrogens with zero attached hydrogens (tertiary/aromatic N) is 4. The molecule has 9 nitrogen and oxygen atoms in total. The molecule has 1 aromatic heterocycles. The van der Waals surface area contributed by atoms with Crippen LogP contribution in [0.2, 0.25) is 0 Å². The van der Waals surface area contributed by atoms with Crippen LogP contribution >= 0.6 is 0 Å². The van der Waals surface area contributed by atoms with Gasteiger partial charge in [-0.15, -0.1) is 0 Å². The molecule has 1 aliphatic heterocycles. The Hall–Kier alpha value is -4.32. The first-order chi connectivity index (χ1) is 16.6. The van der Waals surface area contributed by atoms with Crippen LogP contribution in [0.4, 0.5) is 18.0 Å². The number of rotatable bonds is 4. The average molecular weight is 484 g/mol. The summed E-state index contributed by atoms with van der Waals surface area (Å²) in [5, 5.41) is 3.87. The molecule has 2 aromatic rings. The van der Waals surface area contributed by atoms with Crippen molar-refractivity contribution < 1.29 is 27.6 Å². The van der Waals surface area contributed by atoms with Crippen LogP contribution in [-0.4, -0.2) is 38.7 Å². The van der Waals surface area contributed by atoms with E-state index >= 15 is 0 Å². The molecule has 4 rings (SSSR count). The summed E-state index contributed by atoms with van der Waals surface area (Å²) in [7, 11) is 0. The SMILES string of the molecule is Cc1ncnc(C)c1-c1ccc(CN2C=C(NC(=O)/N=C3/C=CC(=O)C(C(F)(F)F)=C3)ON2)cc1. The number of hydrogen-bond acceptors (Lipinski definition) is 7. The van der Waals surface area contributed by atoms with E-state index in [-0.39, 0.29) is 11.6 Å². The van der Waals surface area contributed by atoms with Crippen LogP contribution in [0.3, 0.4) is 0 Å². The lowest BCUT2D eigenvalue weighted by Crippen LogP contribution is -2.28. The van der Waals surface area contributed by atoms with Gasteiger partial charge in [0.25, 0.3) is 0 Å². The van der Waals surface area contributed by atoms with Crippen molar-refractivity contribution >= 4 is 17.5 Å². The second-order valence-electron chi connectivity index (χ2n) is 7.65. The van der Waals surface area contributed by atoms with Crippen molar-refractivity contribution in [3.63, 3.8) is 0 Å². The van der Waals surface area contributed by atoms with E-state index in [9.17, 15) is 22.8 Å². The van der Waals surface area contributed by atoms with E-state index in [2.05, 4.69) is 25.9 Å². The lowest BCUT2D eigenvalue weighted by atomic mass is 10.0. The third-order valence-electron chi connectivity index (χ3n) is 5.10. The lowest BCUT2D eigenvalue weighted by molar-refractivity contribution is -0.125. The van der Waals surface area contributed by atoms with Crippen molar-refractivity contribution in [3.05, 3.63) is 83.4 Å². The van der Waals surface area contributed by atoms with Gasteiger partial charge in [0, 0.05) is 17.0 Å². The molecular weight excluding hydrogens is 465 g/mol. The number of nitrogens with one attached hydrogen (secondary N) is 2. The molecule has 0 atom stereocenters. The Morgan fingerprint density at radius 1 is 1.14 bits per heavy atom. The summed E-state index contributed by atoms with van der Waals surface area (Å²) in [5.41, 5.74) is 5.55. The Bertz CT molecular complexity index is 1280. The summed E-state index contributed by atoms with van der Waals surface area (Å²) < 4.78 is 38.6. The summed E-state index contributed by atoms with van der Waals surface area (Å²) in [6, 6.07) is 6.81. The fourth-order valence-electron chi connectivity index (χ4n) is 3.48. The zero-order valence-electron chi connectivity index (χ0n) is 18.6. The van der Waals surface area contributed by atoms with Crippen molar-refractivity contribution in [3.8, 4) is 11.1 Å². The van der Waals surface area contributed by atoms with Crippen LogP contribution in [0.15, 0.2) is 71.5 Å². The third-order valence-corrected chi connectivity index (χ3v) is 5.10. The van der Waals surface area contributed by atoms with Gasteiger partial charge in [0.15, 0.2) is 5.78 Å². The summed E-state index contributed by atoms with van der Waals surface area (Å²) in [4.78, 5) is 40.6. The summed E-state index contributed by atoms with van der Waals surface area (Å²) in [6.07, 6.45) is 0.403. The maximum absolute atomic E-state index is 12.9. The molecule has 1 aliphatic carbocycles. The molecular formula is C23H19F3N6O3. The molecule has 1 aromatic carbocycles. The van der Waals surface area contributed by atoms with Gasteiger partial charge in [0.05, 0.1) is 18.5 Å². The van der Waals surface area contributed by atoms with E-state index in [1.165, 1.54) is 12.5 Å². The molecule has 12 heteroatoms. The number of halogens is 3. The van der Waals surface area contributed by atoms with E-state index in [1.54, 1.807) is 5.01 Å². The molecule has 2 aliphatic rings. The standard InChI is InChI=1S/C23H19F3N6O3/c1-13-21(14(2)28-12-27-13)16-5-3-15(4-6-16)10-32-11-20(35-31-32)30-22(34)29-17-7-8-19(33)18(9-17)23(24,25)26/h3-9,11-12,31H,10H2,1-2H3,(H,30,34)/b29-17-. The number of aryl methyl sites for hydroxylation is 2. The van der Waals surface area contributed by atoms with Crippen LogP contribution in [0.25, 0.3) is 11.1 Å². The van der Waals surface area contributed by atoms with E-state index in [1.807, 2.05) is 38.1 Å². The van der Waals surface area contributed by atoms with Crippen LogP contribution in [0.1, 0.15) is 17.0 Å². The van der Waals surface area contributed by atoms with E-state index in [4.69, 9.17) is 4.84 Å². The van der Waals surface area contributed by atoms with Crippen LogP contribution in [0.5, 0.6) is 0 Å². The smallest absolute Gasteiger partial charge is 0.369 e. The maximum Gasteiger partial charge on any atom is 0.420 e. The lowest BCUT2D eigenvalue weighted by Gasteiger charge is -2.14. The van der Waals surface area contributed by atoms with Crippen molar-refractivity contribution in [1.82, 2.24) is 25.9 Å². The quantitative estimate of drug-likeness (QED) is 0.639. The largest absolute Gasteiger partial charge is 0.420 e. The second kappa shape index (κ2) is 9.50. The van der Waals surface area contributed by atoms with Gasteiger partial charge in [-0.25, -0.2) is 14.8 Å².